The number of hydrogen-bond donors (Lipinski definition) is 2. The zero-order chi connectivity index (χ0) is 20.8. The van der Waals surface area contributed by atoms with Crippen molar-refractivity contribution in [2.24, 2.45) is 5.73 Å². The Morgan fingerprint density at radius 2 is 1.66 bits per heavy atom. The molecular weight excluding hydrogens is 374 g/mol. The van der Waals surface area contributed by atoms with E-state index in [1.54, 1.807) is 17.0 Å². The number of nitrogens with one attached hydrogen (secondary N) is 1. The summed E-state index contributed by atoms with van der Waals surface area (Å²) in [7, 11) is 0. The average Bonchev–Trinajstić information content (AvgIpc) is 2.73. The van der Waals surface area contributed by atoms with Crippen LogP contribution in [0.5, 0.6) is 0 Å². The van der Waals surface area contributed by atoms with Crippen molar-refractivity contribution in [3.63, 3.8) is 0 Å². The van der Waals surface area contributed by atoms with Crippen LogP contribution in [0.2, 0.25) is 0 Å². The van der Waals surface area contributed by atoms with Gasteiger partial charge in [0, 0.05) is 50.4 Å². The standard InChI is InChI=1S/C20H23N5O4/c21-20(27)22-18(14-15-4-2-1-3-5-15)19(26)24-12-10-23(11-13-24)16-6-8-17(9-7-16)25(28)29/h1-9,18H,10-14H2,(H3,21,22,27). The highest BCUT2D eigenvalue weighted by molar-refractivity contribution is 5.87. The number of nitro groups is 1. The molecule has 3 amide bonds. The Labute approximate surface area is 168 Å². The summed E-state index contributed by atoms with van der Waals surface area (Å²) < 4.78 is 0. The Morgan fingerprint density at radius 3 is 2.21 bits per heavy atom. The zero-order valence-corrected chi connectivity index (χ0v) is 15.9. The highest BCUT2D eigenvalue weighted by Gasteiger charge is 2.28. The highest BCUT2D eigenvalue weighted by atomic mass is 16.6. The summed E-state index contributed by atoms with van der Waals surface area (Å²) in [5.41, 5.74) is 7.12. The number of benzene rings is 2. The minimum atomic E-state index is -0.733. The molecular formula is C20H23N5O4. The lowest BCUT2D eigenvalue weighted by Gasteiger charge is -2.37. The minimum Gasteiger partial charge on any atom is -0.368 e. The number of hydrogen-bond acceptors (Lipinski definition) is 5. The number of nitrogens with two attached hydrogens (primary N) is 1. The van der Waals surface area contributed by atoms with Gasteiger partial charge < -0.3 is 20.9 Å². The zero-order valence-electron chi connectivity index (χ0n) is 15.9. The first-order chi connectivity index (χ1) is 13.9. The lowest BCUT2D eigenvalue weighted by atomic mass is 10.0. The summed E-state index contributed by atoms with van der Waals surface area (Å²) in [5.74, 6) is -0.170. The number of amides is 3. The van der Waals surface area contributed by atoms with E-state index in [2.05, 4.69) is 10.2 Å². The Balaban J connectivity index is 1.62. The van der Waals surface area contributed by atoms with E-state index >= 15 is 0 Å². The monoisotopic (exact) mass is 397 g/mol. The number of non-ortho nitro benzene ring substituents is 1. The molecule has 3 rings (SSSR count). The van der Waals surface area contributed by atoms with Crippen LogP contribution in [0.25, 0.3) is 0 Å². The molecule has 1 fully saturated rings. The first kappa shape index (κ1) is 20.1. The van der Waals surface area contributed by atoms with Crippen molar-refractivity contribution in [2.45, 2.75) is 12.5 Å². The molecule has 3 N–H and O–H groups in total. The van der Waals surface area contributed by atoms with Gasteiger partial charge in [-0.05, 0) is 17.7 Å². The number of piperazine rings is 1. The molecule has 1 unspecified atom stereocenters. The van der Waals surface area contributed by atoms with E-state index in [1.165, 1.54) is 12.1 Å². The van der Waals surface area contributed by atoms with Crippen molar-refractivity contribution in [1.29, 1.82) is 0 Å². The predicted octanol–water partition coefficient (Wildman–Crippen LogP) is 1.52. The molecule has 9 heteroatoms. The number of rotatable bonds is 6. The van der Waals surface area contributed by atoms with Gasteiger partial charge in [0.2, 0.25) is 5.91 Å². The minimum absolute atomic E-state index is 0.0452. The van der Waals surface area contributed by atoms with Gasteiger partial charge in [0.25, 0.3) is 5.69 Å². The maximum absolute atomic E-state index is 13.0. The molecule has 0 radical (unpaired) electrons. The van der Waals surface area contributed by atoms with E-state index < -0.39 is 17.0 Å². The molecule has 0 spiro atoms. The molecule has 2 aromatic rings. The predicted molar refractivity (Wildman–Crippen MR) is 109 cm³/mol. The van der Waals surface area contributed by atoms with Crippen LogP contribution in [-0.2, 0) is 11.2 Å². The molecule has 1 aliphatic rings. The second kappa shape index (κ2) is 9.05. The van der Waals surface area contributed by atoms with Gasteiger partial charge in [0.05, 0.1) is 4.92 Å². The van der Waals surface area contributed by atoms with Gasteiger partial charge in [-0.1, -0.05) is 30.3 Å². The Bertz CT molecular complexity index is 864. The van der Waals surface area contributed by atoms with E-state index in [0.29, 0.717) is 32.6 Å². The van der Waals surface area contributed by atoms with Crippen LogP contribution >= 0.6 is 0 Å². The summed E-state index contributed by atoms with van der Waals surface area (Å²) in [4.78, 5) is 38.5. The Morgan fingerprint density at radius 1 is 1.03 bits per heavy atom. The van der Waals surface area contributed by atoms with E-state index in [4.69, 9.17) is 5.73 Å². The van der Waals surface area contributed by atoms with Crippen molar-refractivity contribution >= 4 is 23.3 Å². The van der Waals surface area contributed by atoms with Gasteiger partial charge in [-0.2, -0.15) is 0 Å². The third-order valence-electron chi connectivity index (χ3n) is 4.91. The molecule has 152 valence electrons. The molecule has 2 aromatic carbocycles. The van der Waals surface area contributed by atoms with Crippen LogP contribution in [-0.4, -0.2) is 54.0 Å². The fraction of sp³-hybridized carbons (Fsp3) is 0.300. The molecule has 0 bridgehead atoms. The average molecular weight is 397 g/mol. The van der Waals surface area contributed by atoms with Crippen LogP contribution in [0.4, 0.5) is 16.2 Å². The van der Waals surface area contributed by atoms with Crippen molar-refractivity contribution in [3.8, 4) is 0 Å². The molecule has 1 heterocycles. The van der Waals surface area contributed by atoms with Crippen LogP contribution in [0, 0.1) is 10.1 Å². The number of carbonyl (C=O) groups is 2. The van der Waals surface area contributed by atoms with Gasteiger partial charge >= 0.3 is 6.03 Å². The molecule has 1 atom stereocenters. The van der Waals surface area contributed by atoms with Crippen molar-refractivity contribution in [1.82, 2.24) is 10.2 Å². The largest absolute Gasteiger partial charge is 0.368 e. The summed E-state index contributed by atoms with van der Waals surface area (Å²) in [6.07, 6.45) is 0.366. The molecule has 29 heavy (non-hydrogen) atoms. The third-order valence-corrected chi connectivity index (χ3v) is 4.91. The third kappa shape index (κ3) is 5.22. The fourth-order valence-electron chi connectivity index (χ4n) is 3.41. The normalized spacial score (nSPS) is 14.9. The van der Waals surface area contributed by atoms with Crippen LogP contribution in [0.15, 0.2) is 54.6 Å². The first-order valence-corrected chi connectivity index (χ1v) is 9.32. The van der Waals surface area contributed by atoms with Crippen molar-refractivity contribution in [2.75, 3.05) is 31.1 Å². The number of carbonyl (C=O) groups excluding carboxylic acids is 2. The first-order valence-electron chi connectivity index (χ1n) is 9.32. The quantitative estimate of drug-likeness (QED) is 0.565. The van der Waals surface area contributed by atoms with Crippen LogP contribution < -0.4 is 16.0 Å². The van der Waals surface area contributed by atoms with E-state index in [1.807, 2.05) is 30.3 Å². The van der Waals surface area contributed by atoms with Crippen LogP contribution in [0.1, 0.15) is 5.56 Å². The van der Waals surface area contributed by atoms with E-state index in [-0.39, 0.29) is 11.6 Å². The summed E-state index contributed by atoms with van der Waals surface area (Å²) >= 11 is 0. The number of nitro benzene ring substituents is 1. The van der Waals surface area contributed by atoms with Gasteiger partial charge in [-0.15, -0.1) is 0 Å². The van der Waals surface area contributed by atoms with Crippen molar-refractivity contribution < 1.29 is 14.5 Å². The second-order valence-corrected chi connectivity index (χ2v) is 6.84. The molecule has 1 aliphatic heterocycles. The number of nitrogens with zero attached hydrogens (tertiary/aromatic N) is 3. The number of anilines is 1. The topological polar surface area (TPSA) is 122 Å². The summed E-state index contributed by atoms with van der Waals surface area (Å²) in [6.45, 7) is 2.17. The summed E-state index contributed by atoms with van der Waals surface area (Å²) in [5, 5.41) is 13.3. The highest BCUT2D eigenvalue weighted by Crippen LogP contribution is 2.21. The number of primary amides is 1. The lowest BCUT2D eigenvalue weighted by Crippen LogP contribution is -2.56. The van der Waals surface area contributed by atoms with Gasteiger partial charge in [-0.3, -0.25) is 14.9 Å². The maximum Gasteiger partial charge on any atom is 0.312 e. The SMILES string of the molecule is NC(=O)NC(Cc1ccccc1)C(=O)N1CCN(c2ccc([N+](=O)[O-])cc2)CC1. The maximum atomic E-state index is 13.0. The molecule has 9 nitrogen and oxygen atoms in total. The Kier molecular flexibility index (Phi) is 6.28. The van der Waals surface area contributed by atoms with Gasteiger partial charge in [0.1, 0.15) is 6.04 Å². The van der Waals surface area contributed by atoms with Crippen LogP contribution in [0.3, 0.4) is 0 Å². The fourth-order valence-corrected chi connectivity index (χ4v) is 3.41. The second-order valence-electron chi connectivity index (χ2n) is 6.84. The molecule has 1 saturated heterocycles. The smallest absolute Gasteiger partial charge is 0.312 e. The molecule has 0 aromatic heterocycles. The lowest BCUT2D eigenvalue weighted by molar-refractivity contribution is -0.384. The summed E-state index contributed by atoms with van der Waals surface area (Å²) in [6, 6.07) is 14.4. The Hall–Kier alpha value is -3.62. The van der Waals surface area contributed by atoms with E-state index in [0.717, 1.165) is 11.3 Å². The van der Waals surface area contributed by atoms with Gasteiger partial charge in [-0.25, -0.2) is 4.79 Å². The van der Waals surface area contributed by atoms with E-state index in [9.17, 15) is 19.7 Å². The molecule has 0 aliphatic carbocycles. The molecule has 0 saturated carbocycles. The number of urea groups is 1. The van der Waals surface area contributed by atoms with Gasteiger partial charge in [0.15, 0.2) is 0 Å². The van der Waals surface area contributed by atoms with Crippen molar-refractivity contribution in [3.05, 3.63) is 70.3 Å².